The van der Waals surface area contributed by atoms with E-state index in [-0.39, 0.29) is 23.8 Å². The summed E-state index contributed by atoms with van der Waals surface area (Å²) in [5, 5.41) is 2.91. The van der Waals surface area contributed by atoms with Gasteiger partial charge in [0.05, 0.1) is 0 Å². The molecule has 0 spiro atoms. The molecule has 1 aliphatic carbocycles. The van der Waals surface area contributed by atoms with Crippen molar-refractivity contribution in [3.05, 3.63) is 29.8 Å². The van der Waals surface area contributed by atoms with Crippen LogP contribution in [0.2, 0.25) is 0 Å². The standard InChI is InChI=1S/C17H23N3O2/c1-11-10-15(11)16(21)19-14-4-2-12(3-5-14)17(22)20-8-6-13(18)7-9-20/h2-5,11,13,15H,6-10,18H2,1H3,(H,19,21). The highest BCUT2D eigenvalue weighted by Crippen LogP contribution is 2.38. The van der Waals surface area contributed by atoms with Crippen LogP contribution in [0.25, 0.3) is 0 Å². The Morgan fingerprint density at radius 1 is 1.18 bits per heavy atom. The molecule has 5 nitrogen and oxygen atoms in total. The summed E-state index contributed by atoms with van der Waals surface area (Å²) in [5.41, 5.74) is 7.27. The fourth-order valence-corrected chi connectivity index (χ4v) is 2.90. The van der Waals surface area contributed by atoms with Gasteiger partial charge in [0.1, 0.15) is 0 Å². The van der Waals surface area contributed by atoms with E-state index in [9.17, 15) is 9.59 Å². The van der Waals surface area contributed by atoms with E-state index in [2.05, 4.69) is 12.2 Å². The summed E-state index contributed by atoms with van der Waals surface area (Å²) in [5.74, 6) is 0.766. The van der Waals surface area contributed by atoms with Gasteiger partial charge in [-0.25, -0.2) is 0 Å². The van der Waals surface area contributed by atoms with E-state index in [4.69, 9.17) is 5.73 Å². The van der Waals surface area contributed by atoms with Gasteiger partial charge in [0.25, 0.3) is 5.91 Å². The second kappa shape index (κ2) is 6.08. The molecule has 1 saturated heterocycles. The number of hydrogen-bond donors (Lipinski definition) is 2. The number of benzene rings is 1. The van der Waals surface area contributed by atoms with Crippen LogP contribution in [-0.4, -0.2) is 35.8 Å². The molecule has 1 aromatic carbocycles. The minimum absolute atomic E-state index is 0.0422. The Labute approximate surface area is 130 Å². The lowest BCUT2D eigenvalue weighted by Gasteiger charge is -2.30. The predicted molar refractivity (Wildman–Crippen MR) is 85.5 cm³/mol. The van der Waals surface area contributed by atoms with Gasteiger partial charge in [-0.05, 0) is 49.4 Å². The number of piperidine rings is 1. The van der Waals surface area contributed by atoms with Gasteiger partial charge in [0, 0.05) is 36.3 Å². The predicted octanol–water partition coefficient (Wildman–Crippen LogP) is 1.84. The fourth-order valence-electron chi connectivity index (χ4n) is 2.90. The molecule has 3 rings (SSSR count). The molecule has 2 amide bonds. The molecular formula is C17H23N3O2. The van der Waals surface area contributed by atoms with Gasteiger partial charge < -0.3 is 16.0 Å². The van der Waals surface area contributed by atoms with Gasteiger partial charge in [-0.1, -0.05) is 6.92 Å². The number of amides is 2. The summed E-state index contributed by atoms with van der Waals surface area (Å²) >= 11 is 0. The summed E-state index contributed by atoms with van der Waals surface area (Å²) in [7, 11) is 0. The number of nitrogens with two attached hydrogens (primary N) is 1. The average molecular weight is 301 g/mol. The minimum Gasteiger partial charge on any atom is -0.339 e. The first-order valence-corrected chi connectivity index (χ1v) is 8.00. The highest BCUT2D eigenvalue weighted by molar-refractivity contribution is 5.97. The van der Waals surface area contributed by atoms with Gasteiger partial charge >= 0.3 is 0 Å². The van der Waals surface area contributed by atoms with Crippen molar-refractivity contribution in [3.63, 3.8) is 0 Å². The monoisotopic (exact) mass is 301 g/mol. The molecule has 2 aliphatic rings. The first-order valence-electron chi connectivity index (χ1n) is 8.00. The van der Waals surface area contributed by atoms with E-state index in [1.165, 1.54) is 0 Å². The SMILES string of the molecule is CC1CC1C(=O)Nc1ccc(C(=O)N2CCC(N)CC2)cc1. The van der Waals surface area contributed by atoms with Gasteiger partial charge in [-0.2, -0.15) is 0 Å². The third-order valence-electron chi connectivity index (χ3n) is 4.67. The second-order valence-electron chi connectivity index (χ2n) is 6.52. The van der Waals surface area contributed by atoms with Crippen molar-refractivity contribution in [2.75, 3.05) is 18.4 Å². The number of carbonyl (C=O) groups excluding carboxylic acids is 2. The number of nitrogens with zero attached hydrogens (tertiary/aromatic N) is 1. The maximum absolute atomic E-state index is 12.4. The summed E-state index contributed by atoms with van der Waals surface area (Å²) in [4.78, 5) is 26.1. The van der Waals surface area contributed by atoms with E-state index in [1.54, 1.807) is 24.3 Å². The van der Waals surface area contributed by atoms with Gasteiger partial charge in [-0.15, -0.1) is 0 Å². The van der Waals surface area contributed by atoms with Crippen molar-refractivity contribution in [2.24, 2.45) is 17.6 Å². The fraction of sp³-hybridized carbons (Fsp3) is 0.529. The minimum atomic E-state index is 0.0422. The summed E-state index contributed by atoms with van der Waals surface area (Å²) in [6.07, 6.45) is 2.69. The Bertz CT molecular complexity index is 562. The zero-order valence-electron chi connectivity index (χ0n) is 12.9. The Balaban J connectivity index is 1.59. The normalized spacial score (nSPS) is 24.9. The lowest BCUT2D eigenvalue weighted by molar-refractivity contribution is -0.117. The maximum atomic E-state index is 12.4. The summed E-state index contributed by atoms with van der Waals surface area (Å²) in [6.45, 7) is 3.52. The van der Waals surface area contributed by atoms with Crippen molar-refractivity contribution in [1.82, 2.24) is 4.90 Å². The van der Waals surface area contributed by atoms with E-state index < -0.39 is 0 Å². The zero-order valence-corrected chi connectivity index (χ0v) is 12.9. The highest BCUT2D eigenvalue weighted by Gasteiger charge is 2.39. The molecule has 3 N–H and O–H groups in total. The second-order valence-corrected chi connectivity index (χ2v) is 6.52. The molecule has 1 heterocycles. The van der Waals surface area contributed by atoms with Crippen molar-refractivity contribution in [3.8, 4) is 0 Å². The molecule has 0 bridgehead atoms. The van der Waals surface area contributed by atoms with Crippen LogP contribution >= 0.6 is 0 Å². The highest BCUT2D eigenvalue weighted by atomic mass is 16.2. The molecule has 2 fully saturated rings. The van der Waals surface area contributed by atoms with E-state index in [0.717, 1.165) is 38.0 Å². The topological polar surface area (TPSA) is 75.4 Å². The van der Waals surface area contributed by atoms with Gasteiger partial charge in [-0.3, -0.25) is 9.59 Å². The largest absolute Gasteiger partial charge is 0.339 e. The zero-order chi connectivity index (χ0) is 15.7. The number of carbonyl (C=O) groups is 2. The molecule has 2 unspecified atom stereocenters. The Morgan fingerprint density at radius 3 is 2.32 bits per heavy atom. The molecule has 118 valence electrons. The van der Waals surface area contributed by atoms with Crippen LogP contribution in [0.1, 0.15) is 36.5 Å². The van der Waals surface area contributed by atoms with Crippen molar-refractivity contribution in [2.45, 2.75) is 32.2 Å². The Hall–Kier alpha value is -1.88. The van der Waals surface area contributed by atoms with Crippen LogP contribution in [0, 0.1) is 11.8 Å². The van der Waals surface area contributed by atoms with E-state index in [0.29, 0.717) is 11.5 Å². The average Bonchev–Trinajstić information content (AvgIpc) is 3.25. The smallest absolute Gasteiger partial charge is 0.253 e. The van der Waals surface area contributed by atoms with Gasteiger partial charge in [0.15, 0.2) is 0 Å². The first kappa shape index (κ1) is 15.0. The van der Waals surface area contributed by atoms with Crippen LogP contribution in [0.5, 0.6) is 0 Å². The number of nitrogens with one attached hydrogen (secondary N) is 1. The number of rotatable bonds is 3. The molecule has 0 aromatic heterocycles. The third-order valence-corrected chi connectivity index (χ3v) is 4.67. The lowest BCUT2D eigenvalue weighted by atomic mass is 10.0. The summed E-state index contributed by atoms with van der Waals surface area (Å²) < 4.78 is 0. The quantitative estimate of drug-likeness (QED) is 0.894. The molecule has 0 radical (unpaired) electrons. The number of likely N-dealkylation sites (tertiary alicyclic amines) is 1. The molecule has 5 heteroatoms. The Morgan fingerprint density at radius 2 is 1.77 bits per heavy atom. The van der Waals surface area contributed by atoms with Crippen LogP contribution in [-0.2, 0) is 4.79 Å². The van der Waals surface area contributed by atoms with E-state index in [1.807, 2.05) is 4.90 Å². The molecule has 22 heavy (non-hydrogen) atoms. The van der Waals surface area contributed by atoms with Crippen LogP contribution in [0.3, 0.4) is 0 Å². The van der Waals surface area contributed by atoms with Crippen LogP contribution in [0.15, 0.2) is 24.3 Å². The molecular weight excluding hydrogens is 278 g/mol. The van der Waals surface area contributed by atoms with Crippen LogP contribution in [0.4, 0.5) is 5.69 Å². The number of anilines is 1. The Kier molecular flexibility index (Phi) is 4.16. The van der Waals surface area contributed by atoms with Crippen molar-refractivity contribution >= 4 is 17.5 Å². The number of hydrogen-bond acceptors (Lipinski definition) is 3. The molecule has 2 atom stereocenters. The lowest BCUT2D eigenvalue weighted by Crippen LogP contribution is -2.42. The molecule has 1 aliphatic heterocycles. The molecule has 1 saturated carbocycles. The van der Waals surface area contributed by atoms with Gasteiger partial charge in [0.2, 0.25) is 5.91 Å². The first-order chi connectivity index (χ1) is 10.5. The van der Waals surface area contributed by atoms with Crippen molar-refractivity contribution < 1.29 is 9.59 Å². The van der Waals surface area contributed by atoms with Crippen molar-refractivity contribution in [1.29, 1.82) is 0 Å². The maximum Gasteiger partial charge on any atom is 0.253 e. The molecule has 1 aromatic rings. The summed E-state index contributed by atoms with van der Waals surface area (Å²) in [6, 6.07) is 7.37. The van der Waals surface area contributed by atoms with Crippen LogP contribution < -0.4 is 11.1 Å². The third kappa shape index (κ3) is 3.30. The van der Waals surface area contributed by atoms with E-state index >= 15 is 0 Å².